The van der Waals surface area contributed by atoms with Crippen LogP contribution in [-0.2, 0) is 0 Å². The molecule has 3 heteroatoms. The highest BCUT2D eigenvalue weighted by molar-refractivity contribution is 5.30. The van der Waals surface area contributed by atoms with Crippen molar-refractivity contribution in [1.82, 2.24) is 4.90 Å². The van der Waals surface area contributed by atoms with Crippen molar-refractivity contribution >= 4 is 0 Å². The molecule has 1 rings (SSSR count). The molecule has 0 spiro atoms. The molecule has 0 aromatic heterocycles. The number of rotatable bonds is 5. The fourth-order valence-electron chi connectivity index (χ4n) is 1.73. The van der Waals surface area contributed by atoms with Crippen LogP contribution in [0.3, 0.4) is 0 Å². The van der Waals surface area contributed by atoms with E-state index in [4.69, 9.17) is 10.5 Å². The van der Waals surface area contributed by atoms with Gasteiger partial charge in [0.2, 0.25) is 0 Å². The van der Waals surface area contributed by atoms with Gasteiger partial charge >= 0.3 is 0 Å². The van der Waals surface area contributed by atoms with E-state index in [0.717, 1.165) is 12.2 Å². The van der Waals surface area contributed by atoms with Crippen LogP contribution >= 0.6 is 0 Å². The van der Waals surface area contributed by atoms with Gasteiger partial charge in [-0.2, -0.15) is 0 Å². The lowest BCUT2D eigenvalue weighted by atomic mass is 10.0. The topological polar surface area (TPSA) is 38.5 Å². The Hall–Kier alpha value is -1.06. The van der Waals surface area contributed by atoms with Gasteiger partial charge < -0.3 is 15.4 Å². The minimum absolute atomic E-state index is 0.366. The van der Waals surface area contributed by atoms with Gasteiger partial charge in [0.05, 0.1) is 7.11 Å². The molecule has 0 amide bonds. The molecular weight excluding hydrogens is 188 g/mol. The summed E-state index contributed by atoms with van der Waals surface area (Å²) in [5.41, 5.74) is 6.87. The molecule has 15 heavy (non-hydrogen) atoms. The SMILES string of the molecule is COc1cccc(C(CCN)N(C)C)c1. The number of benzene rings is 1. The first-order valence-corrected chi connectivity index (χ1v) is 5.19. The Balaban J connectivity index is 2.89. The van der Waals surface area contributed by atoms with Crippen LogP contribution in [0.1, 0.15) is 18.0 Å². The van der Waals surface area contributed by atoms with Crippen LogP contribution in [0.2, 0.25) is 0 Å². The molecule has 0 fully saturated rings. The van der Waals surface area contributed by atoms with Gasteiger partial charge in [0.1, 0.15) is 5.75 Å². The van der Waals surface area contributed by atoms with Crippen LogP contribution < -0.4 is 10.5 Å². The summed E-state index contributed by atoms with van der Waals surface area (Å²) in [5, 5.41) is 0. The Bertz CT molecular complexity index is 299. The summed E-state index contributed by atoms with van der Waals surface area (Å²) in [6.07, 6.45) is 0.958. The van der Waals surface area contributed by atoms with Gasteiger partial charge in [-0.15, -0.1) is 0 Å². The fraction of sp³-hybridized carbons (Fsp3) is 0.500. The van der Waals surface area contributed by atoms with Gasteiger partial charge in [0, 0.05) is 6.04 Å². The quantitative estimate of drug-likeness (QED) is 0.799. The van der Waals surface area contributed by atoms with E-state index in [1.807, 2.05) is 12.1 Å². The first kappa shape index (κ1) is 12.0. The zero-order chi connectivity index (χ0) is 11.3. The predicted molar refractivity (Wildman–Crippen MR) is 63.1 cm³/mol. The van der Waals surface area contributed by atoms with E-state index in [1.165, 1.54) is 5.56 Å². The van der Waals surface area contributed by atoms with E-state index in [9.17, 15) is 0 Å². The number of hydrogen-bond acceptors (Lipinski definition) is 3. The third kappa shape index (κ3) is 3.22. The predicted octanol–water partition coefficient (Wildman–Crippen LogP) is 1.65. The van der Waals surface area contributed by atoms with Gasteiger partial charge in [-0.3, -0.25) is 0 Å². The van der Waals surface area contributed by atoms with E-state index in [2.05, 4.69) is 31.1 Å². The minimum Gasteiger partial charge on any atom is -0.497 e. The van der Waals surface area contributed by atoms with E-state index < -0.39 is 0 Å². The molecular formula is C12H20N2O. The molecule has 0 heterocycles. The molecule has 1 aromatic carbocycles. The second-order valence-corrected chi connectivity index (χ2v) is 3.83. The highest BCUT2D eigenvalue weighted by Gasteiger charge is 2.13. The van der Waals surface area contributed by atoms with Crippen LogP contribution in [0, 0.1) is 0 Å². The summed E-state index contributed by atoms with van der Waals surface area (Å²) < 4.78 is 5.21. The van der Waals surface area contributed by atoms with Crippen molar-refractivity contribution in [2.75, 3.05) is 27.7 Å². The molecule has 84 valence electrons. The monoisotopic (exact) mass is 208 g/mol. The Kier molecular flexibility index (Phi) is 4.59. The van der Waals surface area contributed by atoms with Crippen LogP contribution in [-0.4, -0.2) is 32.6 Å². The smallest absolute Gasteiger partial charge is 0.119 e. The molecule has 0 saturated heterocycles. The number of ether oxygens (including phenoxy) is 1. The van der Waals surface area contributed by atoms with Crippen molar-refractivity contribution in [1.29, 1.82) is 0 Å². The average molecular weight is 208 g/mol. The fourth-order valence-corrected chi connectivity index (χ4v) is 1.73. The van der Waals surface area contributed by atoms with E-state index in [1.54, 1.807) is 7.11 Å². The molecule has 0 radical (unpaired) electrons. The molecule has 0 aliphatic carbocycles. The summed E-state index contributed by atoms with van der Waals surface area (Å²) in [4.78, 5) is 2.18. The molecule has 0 aliphatic heterocycles. The van der Waals surface area contributed by atoms with Crippen molar-refractivity contribution in [3.05, 3.63) is 29.8 Å². The van der Waals surface area contributed by atoms with Crippen molar-refractivity contribution in [3.8, 4) is 5.75 Å². The summed E-state index contributed by atoms with van der Waals surface area (Å²) in [6, 6.07) is 8.52. The standard InChI is InChI=1S/C12H20N2O/c1-14(2)12(7-8-13)10-5-4-6-11(9-10)15-3/h4-6,9,12H,7-8,13H2,1-3H3. The second kappa shape index (κ2) is 5.73. The van der Waals surface area contributed by atoms with Gasteiger partial charge in [0.25, 0.3) is 0 Å². The Morgan fingerprint density at radius 3 is 2.67 bits per heavy atom. The molecule has 0 saturated carbocycles. The maximum atomic E-state index is 5.62. The van der Waals surface area contributed by atoms with Crippen molar-refractivity contribution in [2.45, 2.75) is 12.5 Å². The summed E-state index contributed by atoms with van der Waals surface area (Å²) >= 11 is 0. The molecule has 1 atom stereocenters. The van der Waals surface area contributed by atoms with Crippen molar-refractivity contribution in [2.24, 2.45) is 5.73 Å². The summed E-state index contributed by atoms with van der Waals surface area (Å²) in [7, 11) is 5.83. The van der Waals surface area contributed by atoms with Crippen LogP contribution in [0.5, 0.6) is 5.75 Å². The highest BCUT2D eigenvalue weighted by atomic mass is 16.5. The zero-order valence-corrected chi connectivity index (χ0v) is 9.73. The molecule has 0 bridgehead atoms. The number of nitrogens with zero attached hydrogens (tertiary/aromatic N) is 1. The van der Waals surface area contributed by atoms with E-state index in [0.29, 0.717) is 12.6 Å². The molecule has 0 aliphatic rings. The lowest BCUT2D eigenvalue weighted by molar-refractivity contribution is 0.286. The largest absolute Gasteiger partial charge is 0.497 e. The van der Waals surface area contributed by atoms with Gasteiger partial charge in [-0.25, -0.2) is 0 Å². The van der Waals surface area contributed by atoms with E-state index >= 15 is 0 Å². The molecule has 1 aromatic rings. The van der Waals surface area contributed by atoms with Crippen LogP contribution in [0.15, 0.2) is 24.3 Å². The Morgan fingerprint density at radius 2 is 2.13 bits per heavy atom. The molecule has 2 N–H and O–H groups in total. The first-order chi connectivity index (χ1) is 7.19. The maximum Gasteiger partial charge on any atom is 0.119 e. The Morgan fingerprint density at radius 1 is 1.40 bits per heavy atom. The van der Waals surface area contributed by atoms with Crippen molar-refractivity contribution in [3.63, 3.8) is 0 Å². The first-order valence-electron chi connectivity index (χ1n) is 5.19. The average Bonchev–Trinajstić information content (AvgIpc) is 2.25. The summed E-state index contributed by atoms with van der Waals surface area (Å²) in [6.45, 7) is 0.695. The lowest BCUT2D eigenvalue weighted by Crippen LogP contribution is -2.22. The van der Waals surface area contributed by atoms with E-state index in [-0.39, 0.29) is 0 Å². The second-order valence-electron chi connectivity index (χ2n) is 3.83. The van der Waals surface area contributed by atoms with Gasteiger partial charge in [-0.1, -0.05) is 12.1 Å². The van der Waals surface area contributed by atoms with Crippen molar-refractivity contribution < 1.29 is 4.74 Å². The Labute approximate surface area is 91.8 Å². The number of methoxy groups -OCH3 is 1. The highest BCUT2D eigenvalue weighted by Crippen LogP contribution is 2.24. The third-order valence-electron chi connectivity index (χ3n) is 2.54. The number of hydrogen-bond donors (Lipinski definition) is 1. The number of nitrogens with two attached hydrogens (primary N) is 1. The molecule has 1 unspecified atom stereocenters. The minimum atomic E-state index is 0.366. The van der Waals surface area contributed by atoms with Gasteiger partial charge in [0.15, 0.2) is 0 Å². The zero-order valence-electron chi connectivity index (χ0n) is 9.73. The normalized spacial score (nSPS) is 12.9. The lowest BCUT2D eigenvalue weighted by Gasteiger charge is -2.24. The third-order valence-corrected chi connectivity index (χ3v) is 2.54. The van der Waals surface area contributed by atoms with Crippen LogP contribution in [0.4, 0.5) is 0 Å². The maximum absolute atomic E-state index is 5.62. The van der Waals surface area contributed by atoms with Crippen LogP contribution in [0.25, 0.3) is 0 Å². The molecule has 3 nitrogen and oxygen atoms in total. The summed E-state index contributed by atoms with van der Waals surface area (Å²) in [5.74, 6) is 0.899. The van der Waals surface area contributed by atoms with Gasteiger partial charge in [-0.05, 0) is 44.8 Å².